The summed E-state index contributed by atoms with van der Waals surface area (Å²) < 4.78 is 13.5. The number of carbonyl (C=O) groups excluding carboxylic acids is 1. The van der Waals surface area contributed by atoms with Crippen LogP contribution >= 0.6 is 12.2 Å². The summed E-state index contributed by atoms with van der Waals surface area (Å²) in [6.07, 6.45) is 2.90. The highest BCUT2D eigenvalue weighted by Crippen LogP contribution is 2.43. The predicted molar refractivity (Wildman–Crippen MR) is 181 cm³/mol. The van der Waals surface area contributed by atoms with Gasteiger partial charge in [0.05, 0.1) is 31.0 Å². The van der Waals surface area contributed by atoms with Gasteiger partial charge in [0.15, 0.2) is 11.7 Å². The maximum atomic E-state index is 12.6. The van der Waals surface area contributed by atoms with Gasteiger partial charge in [-0.1, -0.05) is 24.3 Å². The predicted octanol–water partition coefficient (Wildman–Crippen LogP) is 5.42. The molecule has 45 heavy (non-hydrogen) atoms. The molecule has 10 heteroatoms. The van der Waals surface area contributed by atoms with Crippen LogP contribution in [0.3, 0.4) is 0 Å². The zero-order chi connectivity index (χ0) is 31.2. The van der Waals surface area contributed by atoms with E-state index in [4.69, 9.17) is 26.7 Å². The number of thiocarbonyl (C=S) groups is 1. The molecule has 6 rings (SSSR count). The van der Waals surface area contributed by atoms with Crippen molar-refractivity contribution in [1.29, 1.82) is 0 Å². The molecule has 4 heterocycles. The first-order valence-electron chi connectivity index (χ1n) is 15.5. The van der Waals surface area contributed by atoms with Gasteiger partial charge in [0, 0.05) is 55.1 Å². The van der Waals surface area contributed by atoms with Crippen LogP contribution in [-0.2, 0) is 16.1 Å². The number of aromatic nitrogens is 2. The molecule has 2 fully saturated rings. The molecule has 0 saturated carbocycles. The first-order chi connectivity index (χ1) is 22.0. The van der Waals surface area contributed by atoms with Crippen molar-refractivity contribution in [2.75, 3.05) is 49.7 Å². The zero-order valence-corrected chi connectivity index (χ0v) is 26.6. The number of benzene rings is 2. The molecule has 0 bridgehead atoms. The molecule has 0 unspecified atom stereocenters. The number of hydrogen-bond donors (Lipinski definition) is 2. The first kappa shape index (κ1) is 30.8. The van der Waals surface area contributed by atoms with Crippen molar-refractivity contribution in [2.45, 2.75) is 38.9 Å². The van der Waals surface area contributed by atoms with E-state index < -0.39 is 0 Å². The van der Waals surface area contributed by atoms with Crippen LogP contribution in [0.15, 0.2) is 85.1 Å². The van der Waals surface area contributed by atoms with Crippen LogP contribution in [0.5, 0.6) is 5.75 Å². The fourth-order valence-corrected chi connectivity index (χ4v) is 6.61. The molecule has 2 saturated heterocycles. The second-order valence-corrected chi connectivity index (χ2v) is 11.9. The van der Waals surface area contributed by atoms with E-state index in [1.54, 1.807) is 0 Å². The van der Waals surface area contributed by atoms with E-state index in [1.807, 2.05) is 72.9 Å². The summed E-state index contributed by atoms with van der Waals surface area (Å²) in [5.74, 6) is 0.433. The number of hydrogen-bond acceptors (Lipinski definition) is 6. The number of amides is 1. The molecule has 4 aromatic rings. The highest BCUT2D eigenvalue weighted by molar-refractivity contribution is 7.80. The number of para-hydroxylation sites is 1. The second-order valence-electron chi connectivity index (χ2n) is 11.5. The van der Waals surface area contributed by atoms with Crippen LogP contribution in [0.2, 0.25) is 0 Å². The van der Waals surface area contributed by atoms with Crippen molar-refractivity contribution in [3.05, 3.63) is 108 Å². The monoisotopic (exact) mass is 624 g/mol. The number of aryl methyl sites for hydroxylation is 1. The molecular formula is C35H40N6O3S. The minimum Gasteiger partial charge on any atom is -0.484 e. The maximum absolute atomic E-state index is 12.6. The Bertz CT molecular complexity index is 1590. The summed E-state index contributed by atoms with van der Waals surface area (Å²) in [5.41, 5.74) is 6.25. The van der Waals surface area contributed by atoms with E-state index in [2.05, 4.69) is 51.0 Å². The van der Waals surface area contributed by atoms with E-state index in [0.717, 1.165) is 57.2 Å². The van der Waals surface area contributed by atoms with Gasteiger partial charge >= 0.3 is 0 Å². The van der Waals surface area contributed by atoms with Crippen LogP contribution in [0.25, 0.3) is 0 Å². The molecule has 2 aromatic heterocycles. The topological polar surface area (TPSA) is 83.9 Å². The highest BCUT2D eigenvalue weighted by atomic mass is 32.1. The summed E-state index contributed by atoms with van der Waals surface area (Å²) in [4.78, 5) is 21.9. The molecule has 2 N–H and O–H groups in total. The highest BCUT2D eigenvalue weighted by Gasteiger charge is 2.42. The van der Waals surface area contributed by atoms with Gasteiger partial charge < -0.3 is 29.6 Å². The maximum Gasteiger partial charge on any atom is 0.262 e. The van der Waals surface area contributed by atoms with Crippen LogP contribution < -0.4 is 20.3 Å². The second kappa shape index (κ2) is 14.2. The van der Waals surface area contributed by atoms with Gasteiger partial charge in [-0.15, -0.1) is 0 Å². The quantitative estimate of drug-likeness (QED) is 0.214. The summed E-state index contributed by atoms with van der Waals surface area (Å²) in [6.45, 7) is 10.00. The number of rotatable bonds is 11. The van der Waals surface area contributed by atoms with Gasteiger partial charge in [-0.05, 0) is 92.6 Å². The SMILES string of the molecule is Cc1cc([C@@H]2[C@@H](c3ccccn3)NC(=S)N2c2ccc(NC(=O)COc3ccccc3)cc2)c(C)n1CCCN1CCOCC1. The molecule has 0 aliphatic carbocycles. The van der Waals surface area contributed by atoms with Crippen molar-refractivity contribution < 1.29 is 14.3 Å². The molecule has 2 aliphatic rings. The molecule has 9 nitrogen and oxygen atoms in total. The first-order valence-corrected chi connectivity index (χ1v) is 15.9. The Morgan fingerprint density at radius 3 is 2.51 bits per heavy atom. The van der Waals surface area contributed by atoms with Crippen LogP contribution in [0.1, 0.15) is 41.1 Å². The van der Waals surface area contributed by atoms with Crippen molar-refractivity contribution in [2.24, 2.45) is 0 Å². The normalized spacial score (nSPS) is 18.5. The third-order valence-corrected chi connectivity index (χ3v) is 8.85. The van der Waals surface area contributed by atoms with Gasteiger partial charge in [0.25, 0.3) is 5.91 Å². The van der Waals surface area contributed by atoms with Gasteiger partial charge in [-0.2, -0.15) is 0 Å². The molecule has 234 valence electrons. The standard InChI is InChI=1S/C35H40N6O3S/c1-25-23-30(26(2)40(25)18-8-17-39-19-21-43-22-20-39)34-33(31-11-6-7-16-36-31)38-35(45)41(34)28-14-12-27(13-15-28)37-32(42)24-44-29-9-4-3-5-10-29/h3-7,9-16,23,33-34H,8,17-22,24H2,1-2H3,(H,37,42)(H,38,45)/t33-,34-/m1/s1. The Hall–Kier alpha value is -4.25. The number of morpholine rings is 1. The van der Waals surface area contributed by atoms with E-state index in [1.165, 1.54) is 17.0 Å². The van der Waals surface area contributed by atoms with E-state index in [9.17, 15) is 4.79 Å². The van der Waals surface area contributed by atoms with E-state index in [-0.39, 0.29) is 24.6 Å². The van der Waals surface area contributed by atoms with Gasteiger partial charge in [-0.25, -0.2) is 0 Å². The Morgan fingerprint density at radius 1 is 1.02 bits per heavy atom. The van der Waals surface area contributed by atoms with Gasteiger partial charge in [-0.3, -0.25) is 14.7 Å². The molecule has 2 atom stereocenters. The lowest BCUT2D eigenvalue weighted by atomic mass is 9.96. The molecule has 0 radical (unpaired) electrons. The zero-order valence-electron chi connectivity index (χ0n) is 25.8. The summed E-state index contributed by atoms with van der Waals surface area (Å²) in [6, 6.07) is 25.2. The number of nitrogens with one attached hydrogen (secondary N) is 2. The number of anilines is 2. The number of ether oxygens (including phenoxy) is 2. The third-order valence-electron chi connectivity index (χ3n) is 8.53. The van der Waals surface area contributed by atoms with Crippen molar-refractivity contribution in [3.8, 4) is 5.75 Å². The van der Waals surface area contributed by atoms with Gasteiger partial charge in [0.2, 0.25) is 0 Å². The summed E-state index contributed by atoms with van der Waals surface area (Å²) in [7, 11) is 0. The van der Waals surface area contributed by atoms with Crippen molar-refractivity contribution >= 4 is 34.6 Å². The van der Waals surface area contributed by atoms with E-state index >= 15 is 0 Å². The smallest absolute Gasteiger partial charge is 0.262 e. The molecule has 2 aromatic carbocycles. The lowest BCUT2D eigenvalue weighted by Gasteiger charge is -2.28. The van der Waals surface area contributed by atoms with Crippen LogP contribution in [0.4, 0.5) is 11.4 Å². The molecule has 0 spiro atoms. The average molecular weight is 625 g/mol. The Labute approximate surface area is 270 Å². The number of carbonyl (C=O) groups is 1. The summed E-state index contributed by atoms with van der Waals surface area (Å²) in [5, 5.41) is 7.14. The third kappa shape index (κ3) is 7.19. The van der Waals surface area contributed by atoms with Crippen LogP contribution in [0, 0.1) is 13.8 Å². The summed E-state index contributed by atoms with van der Waals surface area (Å²) >= 11 is 5.96. The number of nitrogens with zero attached hydrogens (tertiary/aromatic N) is 4. The minimum absolute atomic E-state index is 0.0677. The largest absolute Gasteiger partial charge is 0.484 e. The van der Waals surface area contributed by atoms with E-state index in [0.29, 0.717) is 16.5 Å². The van der Waals surface area contributed by atoms with Gasteiger partial charge in [0.1, 0.15) is 5.75 Å². The van der Waals surface area contributed by atoms with Crippen molar-refractivity contribution in [3.63, 3.8) is 0 Å². The van der Waals surface area contributed by atoms with Crippen LogP contribution in [-0.4, -0.2) is 64.9 Å². The average Bonchev–Trinajstić information content (AvgIpc) is 3.56. The fraction of sp³-hybridized carbons (Fsp3) is 0.343. The minimum atomic E-state index is -0.223. The number of pyridine rings is 1. The Morgan fingerprint density at radius 2 is 1.78 bits per heavy atom. The molecular weight excluding hydrogens is 584 g/mol. The fourth-order valence-electron chi connectivity index (χ4n) is 6.27. The Balaban J connectivity index is 1.21. The molecule has 2 aliphatic heterocycles. The lowest BCUT2D eigenvalue weighted by molar-refractivity contribution is -0.118. The molecule has 1 amide bonds. The Kier molecular flexibility index (Phi) is 9.73. The lowest BCUT2D eigenvalue weighted by Crippen LogP contribution is -2.37. The van der Waals surface area contributed by atoms with Crippen molar-refractivity contribution in [1.82, 2.24) is 19.8 Å².